The fourth-order valence-corrected chi connectivity index (χ4v) is 4.81. The van der Waals surface area contributed by atoms with Gasteiger partial charge in [-0.2, -0.15) is 0 Å². The molecular formula is C23H28N4O2. The van der Waals surface area contributed by atoms with Crippen LogP contribution >= 0.6 is 0 Å². The number of carbonyl (C=O) groups excluding carboxylic acids is 2. The van der Waals surface area contributed by atoms with Crippen LogP contribution in [0.2, 0.25) is 0 Å². The van der Waals surface area contributed by atoms with Crippen LogP contribution in [0, 0.1) is 5.92 Å². The van der Waals surface area contributed by atoms with Gasteiger partial charge in [0.25, 0.3) is 0 Å². The summed E-state index contributed by atoms with van der Waals surface area (Å²) in [5, 5.41) is 2.97. The van der Waals surface area contributed by atoms with Gasteiger partial charge in [0.2, 0.25) is 11.8 Å². The highest BCUT2D eigenvalue weighted by molar-refractivity contribution is 5.78. The molecule has 0 bridgehead atoms. The third kappa shape index (κ3) is 4.48. The van der Waals surface area contributed by atoms with Crippen molar-refractivity contribution in [3.8, 4) is 0 Å². The Morgan fingerprint density at radius 3 is 2.62 bits per heavy atom. The van der Waals surface area contributed by atoms with Gasteiger partial charge in [-0.3, -0.25) is 19.5 Å². The lowest BCUT2D eigenvalue weighted by molar-refractivity contribution is -0.131. The Hall–Kier alpha value is -2.73. The average Bonchev–Trinajstić information content (AvgIpc) is 3.13. The Balaban J connectivity index is 1.39. The standard InChI is InChI=1S/C23H28N4O2/c1-17(28)27-15-20(18-7-3-2-4-8-18)21-14-26(12-10-22(21)27)16-23(29)25-13-19-9-5-6-11-24-19/h2-9,11,20-22H,10,12-16H2,1H3,(H,25,29)/t20-,21-,22-/m1/s1. The lowest BCUT2D eigenvalue weighted by Gasteiger charge is -2.38. The van der Waals surface area contributed by atoms with Crippen molar-refractivity contribution in [2.75, 3.05) is 26.2 Å². The molecule has 6 heteroatoms. The van der Waals surface area contributed by atoms with E-state index in [0.717, 1.165) is 31.7 Å². The van der Waals surface area contributed by atoms with Gasteiger partial charge < -0.3 is 10.2 Å². The first kappa shape index (κ1) is 19.6. The lowest BCUT2D eigenvalue weighted by Crippen LogP contribution is -2.50. The number of hydrogen-bond donors (Lipinski definition) is 1. The molecule has 3 heterocycles. The third-order valence-corrected chi connectivity index (χ3v) is 6.21. The molecule has 2 fully saturated rings. The zero-order chi connectivity index (χ0) is 20.2. The van der Waals surface area contributed by atoms with Gasteiger partial charge in [0.05, 0.1) is 18.8 Å². The van der Waals surface area contributed by atoms with Gasteiger partial charge in [0.1, 0.15) is 0 Å². The molecule has 1 N–H and O–H groups in total. The van der Waals surface area contributed by atoms with E-state index in [9.17, 15) is 9.59 Å². The largest absolute Gasteiger partial charge is 0.349 e. The van der Waals surface area contributed by atoms with Crippen molar-refractivity contribution in [2.45, 2.75) is 31.8 Å². The summed E-state index contributed by atoms with van der Waals surface area (Å²) in [6.45, 7) is 4.95. The van der Waals surface area contributed by atoms with Crippen LogP contribution in [0.1, 0.15) is 30.5 Å². The van der Waals surface area contributed by atoms with Crippen molar-refractivity contribution in [3.05, 3.63) is 66.0 Å². The van der Waals surface area contributed by atoms with Crippen molar-refractivity contribution in [1.29, 1.82) is 0 Å². The molecule has 0 spiro atoms. The Labute approximate surface area is 171 Å². The Morgan fingerprint density at radius 2 is 1.90 bits per heavy atom. The molecule has 1 aromatic carbocycles. The van der Waals surface area contributed by atoms with E-state index in [2.05, 4.69) is 39.5 Å². The van der Waals surface area contributed by atoms with Crippen LogP contribution in [0.25, 0.3) is 0 Å². The van der Waals surface area contributed by atoms with Crippen molar-refractivity contribution >= 4 is 11.8 Å². The maximum atomic E-state index is 12.5. The van der Waals surface area contributed by atoms with Crippen molar-refractivity contribution in [1.82, 2.24) is 20.1 Å². The van der Waals surface area contributed by atoms with Gasteiger partial charge in [-0.1, -0.05) is 36.4 Å². The summed E-state index contributed by atoms with van der Waals surface area (Å²) in [6, 6.07) is 16.4. The van der Waals surface area contributed by atoms with Gasteiger partial charge in [-0.25, -0.2) is 0 Å². The molecule has 2 saturated heterocycles. The Morgan fingerprint density at radius 1 is 1.10 bits per heavy atom. The van der Waals surface area contributed by atoms with Crippen LogP contribution in [0.15, 0.2) is 54.7 Å². The molecule has 0 radical (unpaired) electrons. The van der Waals surface area contributed by atoms with Crippen LogP contribution in [-0.2, 0) is 16.1 Å². The number of aromatic nitrogens is 1. The number of hydrogen-bond acceptors (Lipinski definition) is 4. The summed E-state index contributed by atoms with van der Waals surface area (Å²) in [7, 11) is 0. The maximum Gasteiger partial charge on any atom is 0.234 e. The van der Waals surface area contributed by atoms with E-state index < -0.39 is 0 Å². The predicted molar refractivity (Wildman–Crippen MR) is 111 cm³/mol. The fraction of sp³-hybridized carbons (Fsp3) is 0.435. The molecule has 6 nitrogen and oxygen atoms in total. The maximum absolute atomic E-state index is 12.5. The van der Waals surface area contributed by atoms with Gasteiger partial charge in [0, 0.05) is 50.6 Å². The first-order valence-corrected chi connectivity index (χ1v) is 10.3. The van der Waals surface area contributed by atoms with Crippen LogP contribution in [0.3, 0.4) is 0 Å². The first-order chi connectivity index (χ1) is 14.1. The van der Waals surface area contributed by atoms with Crippen molar-refractivity contribution in [3.63, 3.8) is 0 Å². The molecular weight excluding hydrogens is 364 g/mol. The quantitative estimate of drug-likeness (QED) is 0.846. The van der Waals surface area contributed by atoms with Crippen LogP contribution in [0.5, 0.6) is 0 Å². The molecule has 1 aromatic heterocycles. The van der Waals surface area contributed by atoms with E-state index in [1.54, 1.807) is 13.1 Å². The Bertz CT molecular complexity index is 842. The molecule has 2 amide bonds. The second-order valence-electron chi connectivity index (χ2n) is 8.04. The monoisotopic (exact) mass is 392 g/mol. The van der Waals surface area contributed by atoms with E-state index in [-0.39, 0.29) is 17.9 Å². The van der Waals surface area contributed by atoms with E-state index in [1.165, 1.54) is 5.56 Å². The number of fused-ring (bicyclic) bond motifs is 1. The van der Waals surface area contributed by atoms with E-state index in [0.29, 0.717) is 24.9 Å². The van der Waals surface area contributed by atoms with E-state index >= 15 is 0 Å². The summed E-state index contributed by atoms with van der Waals surface area (Å²) >= 11 is 0. The van der Waals surface area contributed by atoms with E-state index in [1.807, 2.05) is 29.2 Å². The number of nitrogens with zero attached hydrogens (tertiary/aromatic N) is 3. The highest BCUT2D eigenvalue weighted by atomic mass is 16.2. The highest BCUT2D eigenvalue weighted by Gasteiger charge is 2.46. The van der Waals surface area contributed by atoms with Gasteiger partial charge >= 0.3 is 0 Å². The first-order valence-electron chi connectivity index (χ1n) is 10.3. The zero-order valence-electron chi connectivity index (χ0n) is 16.8. The number of benzene rings is 1. The molecule has 2 aliphatic heterocycles. The van der Waals surface area contributed by atoms with Gasteiger partial charge in [0.15, 0.2) is 0 Å². The number of likely N-dealkylation sites (tertiary alicyclic amines) is 2. The highest BCUT2D eigenvalue weighted by Crippen LogP contribution is 2.41. The van der Waals surface area contributed by atoms with Gasteiger partial charge in [-0.15, -0.1) is 0 Å². The van der Waals surface area contributed by atoms with Crippen molar-refractivity contribution in [2.24, 2.45) is 5.92 Å². The smallest absolute Gasteiger partial charge is 0.234 e. The number of nitrogens with one attached hydrogen (secondary N) is 1. The summed E-state index contributed by atoms with van der Waals surface area (Å²) in [4.78, 5) is 33.2. The minimum absolute atomic E-state index is 0.0202. The van der Waals surface area contributed by atoms with Gasteiger partial charge in [-0.05, 0) is 24.1 Å². The SMILES string of the molecule is CC(=O)N1C[C@H](c2ccccc2)[C@H]2CN(CC(=O)NCc3ccccn3)CC[C@H]21. The predicted octanol–water partition coefficient (Wildman–Crippen LogP) is 2.03. The van der Waals surface area contributed by atoms with Crippen molar-refractivity contribution < 1.29 is 9.59 Å². The Kier molecular flexibility index (Phi) is 5.90. The summed E-state index contributed by atoms with van der Waals surface area (Å²) in [6.07, 6.45) is 2.65. The van der Waals surface area contributed by atoms with E-state index in [4.69, 9.17) is 0 Å². The number of pyridine rings is 1. The number of rotatable bonds is 5. The zero-order valence-corrected chi connectivity index (χ0v) is 16.8. The third-order valence-electron chi connectivity index (χ3n) is 6.21. The molecule has 29 heavy (non-hydrogen) atoms. The minimum atomic E-state index is 0.0202. The summed E-state index contributed by atoms with van der Waals surface area (Å²) in [5.74, 6) is 0.856. The second-order valence-corrected chi connectivity index (χ2v) is 8.04. The normalized spacial score (nSPS) is 24.2. The summed E-state index contributed by atoms with van der Waals surface area (Å²) in [5.41, 5.74) is 2.14. The molecule has 152 valence electrons. The number of carbonyl (C=O) groups is 2. The number of amides is 2. The minimum Gasteiger partial charge on any atom is -0.349 e. The molecule has 2 aliphatic rings. The molecule has 4 rings (SSSR count). The molecule has 0 aliphatic carbocycles. The average molecular weight is 393 g/mol. The van der Waals surface area contributed by atoms with Crippen LogP contribution in [0.4, 0.5) is 0 Å². The molecule has 2 aromatic rings. The fourth-order valence-electron chi connectivity index (χ4n) is 4.81. The summed E-state index contributed by atoms with van der Waals surface area (Å²) < 4.78 is 0. The lowest BCUT2D eigenvalue weighted by atomic mass is 9.82. The topological polar surface area (TPSA) is 65.5 Å². The molecule has 0 unspecified atom stereocenters. The number of piperidine rings is 1. The molecule has 3 atom stereocenters. The van der Waals surface area contributed by atoms with Crippen LogP contribution < -0.4 is 5.32 Å². The van der Waals surface area contributed by atoms with Crippen LogP contribution in [-0.4, -0.2) is 58.8 Å². The molecule has 0 saturated carbocycles. The second kappa shape index (κ2) is 8.74.